The molecular formula is C9H14BrNO3S2. The van der Waals surface area contributed by atoms with E-state index in [1.807, 2.05) is 0 Å². The lowest BCUT2D eigenvalue weighted by atomic mass is 10.1. The number of nitrogens with one attached hydrogen (secondary N) is 1. The van der Waals surface area contributed by atoms with E-state index in [0.717, 1.165) is 0 Å². The first-order valence-corrected chi connectivity index (χ1v) is 7.70. The van der Waals surface area contributed by atoms with Crippen LogP contribution >= 0.6 is 27.3 Å². The minimum Gasteiger partial charge on any atom is -0.383 e. The van der Waals surface area contributed by atoms with E-state index in [1.54, 1.807) is 25.3 Å². The molecule has 0 aliphatic heterocycles. The van der Waals surface area contributed by atoms with Crippen molar-refractivity contribution in [2.24, 2.45) is 0 Å². The molecule has 1 heterocycles. The summed E-state index contributed by atoms with van der Waals surface area (Å²) in [6, 6.07) is 1.71. The molecule has 0 atom stereocenters. The molecule has 0 saturated heterocycles. The third kappa shape index (κ3) is 3.53. The van der Waals surface area contributed by atoms with Crippen molar-refractivity contribution in [3.05, 3.63) is 15.9 Å². The third-order valence-corrected chi connectivity index (χ3v) is 6.11. The summed E-state index contributed by atoms with van der Waals surface area (Å²) >= 11 is 4.39. The van der Waals surface area contributed by atoms with Gasteiger partial charge in [-0.3, -0.25) is 0 Å². The molecule has 0 unspecified atom stereocenters. The van der Waals surface area contributed by atoms with E-state index in [-0.39, 0.29) is 4.21 Å². The topological polar surface area (TPSA) is 55.4 Å². The largest absolute Gasteiger partial charge is 0.383 e. The highest BCUT2D eigenvalue weighted by atomic mass is 79.9. The van der Waals surface area contributed by atoms with Crippen molar-refractivity contribution in [1.82, 2.24) is 4.72 Å². The predicted octanol–water partition coefficient (Wildman–Crippen LogP) is 2.21. The monoisotopic (exact) mass is 327 g/mol. The molecule has 0 amide bonds. The van der Waals surface area contributed by atoms with Gasteiger partial charge in [0, 0.05) is 11.6 Å². The summed E-state index contributed by atoms with van der Waals surface area (Å²) in [5, 5.41) is 1.72. The quantitative estimate of drug-likeness (QED) is 0.902. The first kappa shape index (κ1) is 14.1. The van der Waals surface area contributed by atoms with Crippen LogP contribution in [-0.2, 0) is 14.8 Å². The van der Waals surface area contributed by atoms with Crippen LogP contribution in [0.1, 0.15) is 13.8 Å². The maximum absolute atomic E-state index is 12.0. The maximum atomic E-state index is 12.0. The molecule has 0 aliphatic carbocycles. The minimum absolute atomic E-state index is 0.289. The van der Waals surface area contributed by atoms with Gasteiger partial charge in [-0.15, -0.1) is 11.3 Å². The Morgan fingerprint density at radius 3 is 2.62 bits per heavy atom. The SMILES string of the molecule is COCC(C)(C)NS(=O)(=O)c1sccc1Br. The van der Waals surface area contributed by atoms with Crippen LogP contribution in [0.25, 0.3) is 0 Å². The first-order chi connectivity index (χ1) is 7.28. The van der Waals surface area contributed by atoms with Crippen molar-refractivity contribution >= 4 is 37.3 Å². The van der Waals surface area contributed by atoms with Crippen LogP contribution in [0.3, 0.4) is 0 Å². The van der Waals surface area contributed by atoms with Crippen molar-refractivity contribution in [2.45, 2.75) is 23.6 Å². The van der Waals surface area contributed by atoms with E-state index in [1.165, 1.54) is 18.4 Å². The Morgan fingerprint density at radius 1 is 1.56 bits per heavy atom. The van der Waals surface area contributed by atoms with Crippen LogP contribution in [-0.4, -0.2) is 27.7 Å². The van der Waals surface area contributed by atoms with Crippen LogP contribution in [0.15, 0.2) is 20.1 Å². The lowest BCUT2D eigenvalue weighted by molar-refractivity contribution is 0.141. The molecule has 16 heavy (non-hydrogen) atoms. The summed E-state index contributed by atoms with van der Waals surface area (Å²) in [5.41, 5.74) is -0.628. The fraction of sp³-hybridized carbons (Fsp3) is 0.556. The molecule has 0 fully saturated rings. The van der Waals surface area contributed by atoms with E-state index in [4.69, 9.17) is 4.74 Å². The Bertz CT molecular complexity index is 453. The molecular weight excluding hydrogens is 314 g/mol. The molecule has 0 spiro atoms. The maximum Gasteiger partial charge on any atom is 0.251 e. The summed E-state index contributed by atoms with van der Waals surface area (Å²) in [6.45, 7) is 3.86. The summed E-state index contributed by atoms with van der Waals surface area (Å²) in [5.74, 6) is 0. The normalized spacial score (nSPS) is 13.0. The summed E-state index contributed by atoms with van der Waals surface area (Å²) in [7, 11) is -1.95. The summed E-state index contributed by atoms with van der Waals surface area (Å²) in [6.07, 6.45) is 0. The Balaban J connectivity index is 2.93. The lowest BCUT2D eigenvalue weighted by Gasteiger charge is -2.24. The van der Waals surface area contributed by atoms with Gasteiger partial charge in [0.25, 0.3) is 10.0 Å². The molecule has 0 radical (unpaired) electrons. The smallest absolute Gasteiger partial charge is 0.251 e. The molecule has 92 valence electrons. The molecule has 0 saturated carbocycles. The van der Waals surface area contributed by atoms with Gasteiger partial charge in [-0.1, -0.05) is 0 Å². The van der Waals surface area contributed by atoms with Gasteiger partial charge in [0.2, 0.25) is 0 Å². The molecule has 0 aromatic carbocycles. The average Bonchev–Trinajstić information content (AvgIpc) is 2.49. The zero-order valence-electron chi connectivity index (χ0n) is 9.28. The minimum atomic E-state index is -3.49. The number of ether oxygens (including phenoxy) is 1. The Labute approximate surface area is 108 Å². The standard InChI is InChI=1S/C9H14BrNO3S2/c1-9(2,6-14-3)11-16(12,13)8-7(10)4-5-15-8/h4-5,11H,6H2,1-3H3. The van der Waals surface area contributed by atoms with E-state index >= 15 is 0 Å². The highest BCUT2D eigenvalue weighted by Crippen LogP contribution is 2.28. The second-order valence-corrected chi connectivity index (χ2v) is 7.63. The van der Waals surface area contributed by atoms with Crippen molar-refractivity contribution < 1.29 is 13.2 Å². The lowest BCUT2D eigenvalue weighted by Crippen LogP contribution is -2.46. The fourth-order valence-corrected chi connectivity index (χ4v) is 5.01. The van der Waals surface area contributed by atoms with Crippen LogP contribution in [0.2, 0.25) is 0 Å². The van der Waals surface area contributed by atoms with Crippen LogP contribution < -0.4 is 4.72 Å². The number of thiophene rings is 1. The van der Waals surface area contributed by atoms with E-state index in [9.17, 15) is 8.42 Å². The fourth-order valence-electron chi connectivity index (χ4n) is 1.27. The van der Waals surface area contributed by atoms with Crippen molar-refractivity contribution in [2.75, 3.05) is 13.7 Å². The second-order valence-electron chi connectivity index (χ2n) is 3.98. The molecule has 7 heteroatoms. The Kier molecular flexibility index (Phi) is 4.53. The summed E-state index contributed by atoms with van der Waals surface area (Å²) in [4.78, 5) is 0. The van der Waals surface area contributed by atoms with Crippen LogP contribution in [0, 0.1) is 0 Å². The van der Waals surface area contributed by atoms with Gasteiger partial charge in [0.15, 0.2) is 0 Å². The van der Waals surface area contributed by atoms with Gasteiger partial charge >= 0.3 is 0 Å². The number of methoxy groups -OCH3 is 1. The molecule has 1 rings (SSSR count). The molecule has 0 bridgehead atoms. The average molecular weight is 328 g/mol. The van der Waals surface area contributed by atoms with Crippen molar-refractivity contribution in [3.8, 4) is 0 Å². The van der Waals surface area contributed by atoms with Crippen molar-refractivity contribution in [1.29, 1.82) is 0 Å². The second kappa shape index (κ2) is 5.14. The van der Waals surface area contributed by atoms with E-state index in [0.29, 0.717) is 11.1 Å². The molecule has 1 aromatic rings. The Morgan fingerprint density at radius 2 is 2.19 bits per heavy atom. The zero-order valence-corrected chi connectivity index (χ0v) is 12.5. The number of halogens is 1. The van der Waals surface area contributed by atoms with Gasteiger partial charge in [0.05, 0.1) is 12.1 Å². The molecule has 4 nitrogen and oxygen atoms in total. The summed E-state index contributed by atoms with van der Waals surface area (Å²) < 4.78 is 32.5. The number of hydrogen-bond acceptors (Lipinski definition) is 4. The van der Waals surface area contributed by atoms with Crippen LogP contribution in [0.4, 0.5) is 0 Å². The number of sulfonamides is 1. The van der Waals surface area contributed by atoms with Gasteiger partial charge in [-0.2, -0.15) is 0 Å². The van der Waals surface area contributed by atoms with E-state index in [2.05, 4.69) is 20.7 Å². The van der Waals surface area contributed by atoms with Gasteiger partial charge in [-0.05, 0) is 41.2 Å². The first-order valence-electron chi connectivity index (χ1n) is 4.54. The van der Waals surface area contributed by atoms with Crippen molar-refractivity contribution in [3.63, 3.8) is 0 Å². The number of rotatable bonds is 5. The Hall–Kier alpha value is 0.0500. The van der Waals surface area contributed by atoms with Gasteiger partial charge in [-0.25, -0.2) is 13.1 Å². The molecule has 0 aliphatic rings. The zero-order chi connectivity index (χ0) is 12.4. The highest BCUT2D eigenvalue weighted by molar-refractivity contribution is 9.10. The van der Waals surface area contributed by atoms with E-state index < -0.39 is 15.6 Å². The highest BCUT2D eigenvalue weighted by Gasteiger charge is 2.28. The van der Waals surface area contributed by atoms with Gasteiger partial charge in [0.1, 0.15) is 4.21 Å². The molecule has 1 aromatic heterocycles. The van der Waals surface area contributed by atoms with Gasteiger partial charge < -0.3 is 4.74 Å². The third-order valence-electron chi connectivity index (χ3n) is 1.74. The van der Waals surface area contributed by atoms with Crippen LogP contribution in [0.5, 0.6) is 0 Å². The number of hydrogen-bond donors (Lipinski definition) is 1. The molecule has 1 N–H and O–H groups in total. The predicted molar refractivity (Wildman–Crippen MR) is 68.3 cm³/mol.